The summed E-state index contributed by atoms with van der Waals surface area (Å²) >= 11 is 6.66. The molecule has 0 unspecified atom stereocenters. The topological polar surface area (TPSA) is 68.2 Å². The van der Waals surface area contributed by atoms with Gasteiger partial charge in [0.2, 0.25) is 0 Å². The Labute approximate surface area is 162 Å². The zero-order valence-electron chi connectivity index (χ0n) is 15.0. The van der Waals surface area contributed by atoms with Gasteiger partial charge in [-0.15, -0.1) is 0 Å². The molecule has 1 fully saturated rings. The van der Waals surface area contributed by atoms with Crippen LogP contribution in [0.3, 0.4) is 0 Å². The van der Waals surface area contributed by atoms with Crippen molar-refractivity contribution in [3.05, 3.63) is 35.6 Å². The standard InChI is InChI=1S/C17H23FN4O2S2/c1-4-5-10-19-15(23)22(24)14-17(2,3)26-16(25)21(14)20-11-12-8-6-7-9-13(12)18/h6-9,11,14,24H,4-5,10H2,1-3H3,(H,19,23)/b20-11-/t14-/m1/s1. The van der Waals surface area contributed by atoms with Gasteiger partial charge in [-0.05, 0) is 26.3 Å². The van der Waals surface area contributed by atoms with Crippen LogP contribution in [0.4, 0.5) is 9.18 Å². The number of thioether (sulfide) groups is 1. The number of hydrazone groups is 1. The minimum absolute atomic E-state index is 0.292. The number of nitrogens with one attached hydrogen (secondary N) is 1. The van der Waals surface area contributed by atoms with Gasteiger partial charge in [0, 0.05) is 12.1 Å². The van der Waals surface area contributed by atoms with Crippen LogP contribution in [0.5, 0.6) is 0 Å². The van der Waals surface area contributed by atoms with Crippen LogP contribution >= 0.6 is 24.0 Å². The van der Waals surface area contributed by atoms with Gasteiger partial charge in [-0.1, -0.05) is 55.5 Å². The number of unbranched alkanes of at least 4 members (excludes halogenated alkanes) is 1. The summed E-state index contributed by atoms with van der Waals surface area (Å²) in [4.78, 5) is 12.2. The van der Waals surface area contributed by atoms with Gasteiger partial charge in [-0.2, -0.15) is 10.2 Å². The molecule has 0 saturated carbocycles. The number of hydroxylamine groups is 2. The lowest BCUT2D eigenvalue weighted by Gasteiger charge is -2.34. The summed E-state index contributed by atoms with van der Waals surface area (Å²) in [6.45, 7) is 6.19. The molecule has 0 radical (unpaired) electrons. The van der Waals surface area contributed by atoms with E-state index in [9.17, 15) is 14.4 Å². The normalized spacial score (nSPS) is 19.2. The van der Waals surface area contributed by atoms with Crippen molar-refractivity contribution in [2.24, 2.45) is 5.10 Å². The van der Waals surface area contributed by atoms with E-state index in [0.29, 0.717) is 21.5 Å². The van der Waals surface area contributed by atoms with Crippen LogP contribution in [-0.4, -0.2) is 49.3 Å². The number of urea groups is 1. The smallest absolute Gasteiger partial charge is 0.336 e. The molecule has 26 heavy (non-hydrogen) atoms. The van der Waals surface area contributed by atoms with E-state index in [1.165, 1.54) is 29.1 Å². The van der Waals surface area contributed by atoms with Crippen LogP contribution in [0, 0.1) is 5.82 Å². The number of carbonyl (C=O) groups is 1. The molecule has 1 heterocycles. The molecule has 142 valence electrons. The van der Waals surface area contributed by atoms with Crippen LogP contribution in [-0.2, 0) is 0 Å². The number of hydrogen-bond acceptors (Lipinski definition) is 5. The van der Waals surface area contributed by atoms with E-state index < -0.39 is 22.8 Å². The van der Waals surface area contributed by atoms with Gasteiger partial charge in [-0.3, -0.25) is 5.21 Å². The number of benzene rings is 1. The molecular formula is C17H23FN4O2S2. The molecule has 2 rings (SSSR count). The number of nitrogens with zero attached hydrogens (tertiary/aromatic N) is 3. The molecule has 0 aliphatic carbocycles. The first kappa shape index (κ1) is 20.6. The van der Waals surface area contributed by atoms with E-state index in [4.69, 9.17) is 12.2 Å². The second kappa shape index (κ2) is 8.79. The summed E-state index contributed by atoms with van der Waals surface area (Å²) in [6, 6.07) is 5.58. The minimum atomic E-state index is -0.815. The van der Waals surface area contributed by atoms with Gasteiger partial charge in [-0.25, -0.2) is 14.2 Å². The molecule has 1 aliphatic heterocycles. The number of hydrogen-bond donors (Lipinski definition) is 2. The molecule has 0 spiro atoms. The summed E-state index contributed by atoms with van der Waals surface area (Å²) in [6.07, 6.45) is 2.26. The average Bonchev–Trinajstić information content (AvgIpc) is 2.81. The predicted molar refractivity (Wildman–Crippen MR) is 106 cm³/mol. The molecule has 9 heteroatoms. The maximum atomic E-state index is 13.8. The Morgan fingerprint density at radius 1 is 1.54 bits per heavy atom. The molecule has 1 aliphatic rings. The van der Waals surface area contributed by atoms with Crippen LogP contribution in [0.25, 0.3) is 0 Å². The van der Waals surface area contributed by atoms with E-state index in [-0.39, 0.29) is 0 Å². The van der Waals surface area contributed by atoms with Gasteiger partial charge >= 0.3 is 6.03 Å². The fourth-order valence-corrected chi connectivity index (χ4v) is 4.28. The second-order valence-corrected chi connectivity index (χ2v) is 8.67. The van der Waals surface area contributed by atoms with E-state index in [1.54, 1.807) is 18.2 Å². The van der Waals surface area contributed by atoms with Crippen molar-refractivity contribution in [3.8, 4) is 0 Å². The van der Waals surface area contributed by atoms with Crippen molar-refractivity contribution in [2.75, 3.05) is 6.54 Å². The van der Waals surface area contributed by atoms with Crippen molar-refractivity contribution in [1.82, 2.24) is 15.4 Å². The van der Waals surface area contributed by atoms with Gasteiger partial charge in [0.15, 0.2) is 10.5 Å². The average molecular weight is 399 g/mol. The lowest BCUT2D eigenvalue weighted by Crippen LogP contribution is -2.55. The van der Waals surface area contributed by atoms with Crippen molar-refractivity contribution < 1.29 is 14.4 Å². The van der Waals surface area contributed by atoms with Crippen LogP contribution < -0.4 is 5.32 Å². The summed E-state index contributed by atoms with van der Waals surface area (Å²) in [5.41, 5.74) is 0.292. The molecule has 1 atom stereocenters. The molecule has 0 aromatic heterocycles. The monoisotopic (exact) mass is 398 g/mol. The summed E-state index contributed by atoms with van der Waals surface area (Å²) in [5, 5.41) is 19.3. The number of carbonyl (C=O) groups excluding carboxylic acids is 1. The highest BCUT2D eigenvalue weighted by Crippen LogP contribution is 2.42. The second-order valence-electron chi connectivity index (χ2n) is 6.39. The summed E-state index contributed by atoms with van der Waals surface area (Å²) < 4.78 is 13.6. The van der Waals surface area contributed by atoms with E-state index in [1.807, 2.05) is 20.8 Å². The van der Waals surface area contributed by atoms with E-state index in [0.717, 1.165) is 12.8 Å². The maximum Gasteiger partial charge on any atom is 0.343 e. The largest absolute Gasteiger partial charge is 0.343 e. The van der Waals surface area contributed by atoms with Crippen LogP contribution in [0.1, 0.15) is 39.2 Å². The lowest BCUT2D eigenvalue weighted by atomic mass is 10.1. The number of thiocarbonyl (C=S) groups is 1. The van der Waals surface area contributed by atoms with Crippen molar-refractivity contribution >= 4 is 40.5 Å². The Kier molecular flexibility index (Phi) is 6.96. The van der Waals surface area contributed by atoms with Gasteiger partial charge in [0.25, 0.3) is 0 Å². The first-order chi connectivity index (χ1) is 12.3. The molecule has 1 aromatic carbocycles. The Balaban J connectivity index is 2.21. The number of amides is 2. The highest BCUT2D eigenvalue weighted by Gasteiger charge is 2.49. The Morgan fingerprint density at radius 2 is 2.23 bits per heavy atom. The number of rotatable bonds is 6. The fraction of sp³-hybridized carbons (Fsp3) is 0.471. The zero-order valence-corrected chi connectivity index (χ0v) is 16.6. The van der Waals surface area contributed by atoms with E-state index >= 15 is 0 Å². The van der Waals surface area contributed by atoms with Crippen LogP contribution in [0.15, 0.2) is 29.4 Å². The maximum absolute atomic E-state index is 13.8. The first-order valence-corrected chi connectivity index (χ1v) is 9.57. The lowest BCUT2D eigenvalue weighted by molar-refractivity contribution is -0.118. The van der Waals surface area contributed by atoms with Crippen molar-refractivity contribution in [1.29, 1.82) is 0 Å². The molecular weight excluding hydrogens is 375 g/mol. The molecule has 1 aromatic rings. The molecule has 1 saturated heterocycles. The third-order valence-corrected chi connectivity index (χ3v) is 5.40. The Hall–Kier alpha value is -1.71. The van der Waals surface area contributed by atoms with Crippen molar-refractivity contribution in [2.45, 2.75) is 44.5 Å². The minimum Gasteiger partial charge on any atom is -0.336 e. The molecule has 2 N–H and O–H groups in total. The molecule has 6 nitrogen and oxygen atoms in total. The van der Waals surface area contributed by atoms with Gasteiger partial charge in [0.1, 0.15) is 5.82 Å². The van der Waals surface area contributed by atoms with Crippen LogP contribution in [0.2, 0.25) is 0 Å². The van der Waals surface area contributed by atoms with Gasteiger partial charge < -0.3 is 5.32 Å². The third kappa shape index (κ3) is 4.72. The summed E-state index contributed by atoms with van der Waals surface area (Å²) in [7, 11) is 0. The quantitative estimate of drug-likeness (QED) is 0.251. The third-order valence-electron chi connectivity index (χ3n) is 3.86. The zero-order chi connectivity index (χ0) is 19.3. The first-order valence-electron chi connectivity index (χ1n) is 8.34. The highest BCUT2D eigenvalue weighted by atomic mass is 32.2. The predicted octanol–water partition coefficient (Wildman–Crippen LogP) is 3.80. The Bertz CT molecular complexity index is 699. The molecule has 2 amide bonds. The SMILES string of the molecule is CCCCNC(=O)N(O)[C@H]1N(/N=C\c2ccccc2F)C(=S)SC1(C)C. The van der Waals surface area contributed by atoms with Gasteiger partial charge in [0.05, 0.1) is 11.0 Å². The Morgan fingerprint density at radius 3 is 2.88 bits per heavy atom. The number of halogens is 1. The van der Waals surface area contributed by atoms with Crippen molar-refractivity contribution in [3.63, 3.8) is 0 Å². The van der Waals surface area contributed by atoms with E-state index in [2.05, 4.69) is 10.4 Å². The highest BCUT2D eigenvalue weighted by molar-refractivity contribution is 8.24. The molecule has 0 bridgehead atoms. The fourth-order valence-electron chi connectivity index (χ4n) is 2.50. The summed E-state index contributed by atoms with van der Waals surface area (Å²) in [5.74, 6) is -0.414.